The zero-order chi connectivity index (χ0) is 18.8. The molecule has 5 heteroatoms. The molecule has 2 rings (SSSR count). The molecule has 1 aromatic carbocycles. The molecule has 0 aromatic heterocycles. The zero-order valence-electron chi connectivity index (χ0n) is 17.4. The summed E-state index contributed by atoms with van der Waals surface area (Å²) >= 11 is 0. The van der Waals surface area contributed by atoms with Crippen LogP contribution in [0.25, 0.3) is 5.57 Å². The van der Waals surface area contributed by atoms with E-state index in [9.17, 15) is 0 Å². The molecule has 4 nitrogen and oxygen atoms in total. The fourth-order valence-corrected chi connectivity index (χ4v) is 3.12. The summed E-state index contributed by atoms with van der Waals surface area (Å²) in [5.41, 5.74) is 2.80. The summed E-state index contributed by atoms with van der Waals surface area (Å²) in [5, 5.41) is 3.46. The quantitative estimate of drug-likeness (QED) is 0.256. The highest BCUT2D eigenvalue weighted by atomic mass is 127. The van der Waals surface area contributed by atoms with Gasteiger partial charge in [-0.25, -0.2) is 0 Å². The first-order valence-corrected chi connectivity index (χ1v) is 10.1. The molecule has 0 radical (unpaired) electrons. The van der Waals surface area contributed by atoms with E-state index in [1.54, 1.807) is 0 Å². The van der Waals surface area contributed by atoms with E-state index in [0.29, 0.717) is 6.04 Å². The summed E-state index contributed by atoms with van der Waals surface area (Å²) in [7, 11) is 2.20. The van der Waals surface area contributed by atoms with E-state index in [0.717, 1.165) is 51.5 Å². The SMILES string of the molecule is CCNC(=NCCCCN(C)C(C)C)N1CC=C(c2ccccc2)CC1.I. The summed E-state index contributed by atoms with van der Waals surface area (Å²) in [4.78, 5) is 9.63. The molecule has 0 saturated heterocycles. The lowest BCUT2D eigenvalue weighted by atomic mass is 10.00. The topological polar surface area (TPSA) is 30.9 Å². The molecule has 0 atom stereocenters. The van der Waals surface area contributed by atoms with Crippen LogP contribution in [0.4, 0.5) is 0 Å². The fourth-order valence-electron chi connectivity index (χ4n) is 3.12. The van der Waals surface area contributed by atoms with Gasteiger partial charge in [0.25, 0.3) is 0 Å². The molecule has 1 aliphatic rings. The van der Waals surface area contributed by atoms with E-state index in [4.69, 9.17) is 4.99 Å². The first-order valence-electron chi connectivity index (χ1n) is 10.1. The molecule has 27 heavy (non-hydrogen) atoms. The van der Waals surface area contributed by atoms with Crippen LogP contribution in [0.15, 0.2) is 41.4 Å². The highest BCUT2D eigenvalue weighted by molar-refractivity contribution is 14.0. The molecule has 0 fully saturated rings. The zero-order valence-corrected chi connectivity index (χ0v) is 19.8. The van der Waals surface area contributed by atoms with Crippen LogP contribution in [-0.2, 0) is 0 Å². The van der Waals surface area contributed by atoms with E-state index in [1.807, 2.05) is 0 Å². The Morgan fingerprint density at radius 3 is 2.56 bits per heavy atom. The largest absolute Gasteiger partial charge is 0.357 e. The fraction of sp³-hybridized carbons (Fsp3) is 0.591. The Kier molecular flexibility index (Phi) is 11.7. The third kappa shape index (κ3) is 8.21. The standard InChI is InChI=1S/C22H36N4.HI/c1-5-23-22(24-15-9-10-16-25(4)19(2)3)26-17-13-21(14-18-26)20-11-7-6-8-12-20;/h6-8,11-13,19H,5,9-10,14-18H2,1-4H3,(H,23,24);1H. The van der Waals surface area contributed by atoms with Crippen molar-refractivity contribution in [1.82, 2.24) is 15.1 Å². The van der Waals surface area contributed by atoms with Gasteiger partial charge in [0, 0.05) is 32.2 Å². The van der Waals surface area contributed by atoms with Crippen molar-refractivity contribution < 1.29 is 0 Å². The van der Waals surface area contributed by atoms with Crippen LogP contribution in [-0.4, -0.2) is 61.6 Å². The van der Waals surface area contributed by atoms with Crippen LogP contribution in [0.5, 0.6) is 0 Å². The number of nitrogens with one attached hydrogen (secondary N) is 1. The Labute approximate surface area is 183 Å². The molecule has 0 amide bonds. The summed E-state index contributed by atoms with van der Waals surface area (Å²) in [5.74, 6) is 1.06. The Balaban J connectivity index is 0.00000364. The maximum absolute atomic E-state index is 4.86. The Bertz CT molecular complexity index is 583. The molecule has 1 N–H and O–H groups in total. The van der Waals surface area contributed by atoms with Gasteiger partial charge in [-0.15, -0.1) is 24.0 Å². The van der Waals surface area contributed by atoms with Gasteiger partial charge in [-0.1, -0.05) is 36.4 Å². The molecule has 0 spiro atoms. The van der Waals surface area contributed by atoms with Gasteiger partial charge in [-0.2, -0.15) is 0 Å². The molecule has 0 bridgehead atoms. The molecular formula is C22H37IN4. The Morgan fingerprint density at radius 1 is 1.22 bits per heavy atom. The van der Waals surface area contributed by atoms with Crippen LogP contribution in [0.3, 0.4) is 0 Å². The second-order valence-corrected chi connectivity index (χ2v) is 7.31. The van der Waals surface area contributed by atoms with Crippen molar-refractivity contribution in [2.75, 3.05) is 39.8 Å². The van der Waals surface area contributed by atoms with Crippen molar-refractivity contribution in [3.8, 4) is 0 Å². The normalized spacial score (nSPS) is 15.0. The number of nitrogens with zero attached hydrogens (tertiary/aromatic N) is 3. The number of hydrogen-bond acceptors (Lipinski definition) is 2. The predicted molar refractivity (Wildman–Crippen MR) is 129 cm³/mol. The molecule has 0 saturated carbocycles. The first-order chi connectivity index (χ1) is 12.6. The molecular weight excluding hydrogens is 447 g/mol. The minimum atomic E-state index is 0. The van der Waals surface area contributed by atoms with Crippen molar-refractivity contribution in [3.05, 3.63) is 42.0 Å². The molecule has 0 unspecified atom stereocenters. The van der Waals surface area contributed by atoms with E-state index < -0.39 is 0 Å². The van der Waals surface area contributed by atoms with Gasteiger partial charge >= 0.3 is 0 Å². The van der Waals surface area contributed by atoms with Gasteiger partial charge < -0.3 is 15.1 Å². The Morgan fingerprint density at radius 2 is 1.96 bits per heavy atom. The minimum Gasteiger partial charge on any atom is -0.357 e. The number of guanidine groups is 1. The number of rotatable bonds is 8. The summed E-state index contributed by atoms with van der Waals surface area (Å²) in [6.45, 7) is 11.6. The van der Waals surface area contributed by atoms with Crippen molar-refractivity contribution in [1.29, 1.82) is 0 Å². The third-order valence-corrected chi connectivity index (χ3v) is 5.05. The second kappa shape index (κ2) is 13.2. The highest BCUT2D eigenvalue weighted by Gasteiger charge is 2.15. The van der Waals surface area contributed by atoms with Crippen LogP contribution in [0.1, 0.15) is 45.6 Å². The van der Waals surface area contributed by atoms with Crippen LogP contribution in [0, 0.1) is 0 Å². The highest BCUT2D eigenvalue weighted by Crippen LogP contribution is 2.21. The van der Waals surface area contributed by atoms with Gasteiger partial charge in [-0.05, 0) is 64.8 Å². The van der Waals surface area contributed by atoms with Crippen molar-refractivity contribution in [2.24, 2.45) is 4.99 Å². The average molecular weight is 484 g/mol. The van der Waals surface area contributed by atoms with Gasteiger partial charge in [-0.3, -0.25) is 4.99 Å². The molecule has 1 aliphatic heterocycles. The van der Waals surface area contributed by atoms with Crippen molar-refractivity contribution in [3.63, 3.8) is 0 Å². The number of aliphatic imine (C=N–C) groups is 1. The number of halogens is 1. The maximum atomic E-state index is 4.86. The van der Waals surface area contributed by atoms with E-state index in [1.165, 1.54) is 17.6 Å². The van der Waals surface area contributed by atoms with Crippen molar-refractivity contribution in [2.45, 2.75) is 46.1 Å². The van der Waals surface area contributed by atoms with Crippen molar-refractivity contribution >= 4 is 35.5 Å². The summed E-state index contributed by atoms with van der Waals surface area (Å²) in [6, 6.07) is 11.3. The van der Waals surface area contributed by atoms with E-state index in [-0.39, 0.29) is 24.0 Å². The van der Waals surface area contributed by atoms with Crippen LogP contribution >= 0.6 is 24.0 Å². The molecule has 1 heterocycles. The predicted octanol–water partition coefficient (Wildman–Crippen LogP) is 4.48. The van der Waals surface area contributed by atoms with Crippen LogP contribution in [0.2, 0.25) is 0 Å². The smallest absolute Gasteiger partial charge is 0.194 e. The monoisotopic (exact) mass is 484 g/mol. The molecule has 1 aromatic rings. The summed E-state index contributed by atoms with van der Waals surface area (Å²) < 4.78 is 0. The summed E-state index contributed by atoms with van der Waals surface area (Å²) in [6.07, 6.45) is 5.78. The third-order valence-electron chi connectivity index (χ3n) is 5.05. The van der Waals surface area contributed by atoms with Gasteiger partial charge in [0.1, 0.15) is 0 Å². The first kappa shape index (κ1) is 24.0. The van der Waals surface area contributed by atoms with Gasteiger partial charge in [0.15, 0.2) is 5.96 Å². The van der Waals surface area contributed by atoms with Crippen LogP contribution < -0.4 is 5.32 Å². The lowest BCUT2D eigenvalue weighted by Gasteiger charge is -2.30. The number of benzene rings is 1. The second-order valence-electron chi connectivity index (χ2n) is 7.31. The average Bonchev–Trinajstić information content (AvgIpc) is 2.67. The molecule has 0 aliphatic carbocycles. The van der Waals surface area contributed by atoms with Gasteiger partial charge in [0.05, 0.1) is 0 Å². The minimum absolute atomic E-state index is 0. The lowest BCUT2D eigenvalue weighted by Crippen LogP contribution is -2.43. The van der Waals surface area contributed by atoms with E-state index >= 15 is 0 Å². The van der Waals surface area contributed by atoms with E-state index in [2.05, 4.69) is 79.3 Å². The van der Waals surface area contributed by atoms with Gasteiger partial charge in [0.2, 0.25) is 0 Å². The Hall–Kier alpha value is -1.08. The lowest BCUT2D eigenvalue weighted by molar-refractivity contribution is 0.269. The molecule has 152 valence electrons. The number of unbranched alkanes of at least 4 members (excludes halogenated alkanes) is 1. The maximum Gasteiger partial charge on any atom is 0.194 e. The number of hydrogen-bond donors (Lipinski definition) is 1.